The number of esters is 2. The van der Waals surface area contributed by atoms with E-state index in [9.17, 15) is 33.6 Å². The van der Waals surface area contributed by atoms with E-state index in [1.165, 1.54) is 57.0 Å². The number of aromatic nitrogens is 5. The Morgan fingerprint density at radius 3 is 1.15 bits per heavy atom. The molecule has 4 aliphatic carbocycles. The highest BCUT2D eigenvalue weighted by Crippen LogP contribution is 2.33. The fraction of sp³-hybridized carbons (Fsp3) is 0.353. The molecule has 13 rings (SSSR count). The fourth-order valence-electron chi connectivity index (χ4n) is 9.73. The summed E-state index contributed by atoms with van der Waals surface area (Å²) in [5, 5.41) is 26.5. The number of halogens is 5. The number of nitrogens with zero attached hydrogens (tertiary/aromatic N) is 9. The van der Waals surface area contributed by atoms with Crippen molar-refractivity contribution < 1.29 is 48.1 Å². The summed E-state index contributed by atoms with van der Waals surface area (Å²) in [6.45, 7) is 9.80. The summed E-state index contributed by atoms with van der Waals surface area (Å²) in [6, 6.07) is 25.7. The van der Waals surface area contributed by atoms with Crippen LogP contribution in [0.15, 0.2) is 110 Å². The molecule has 27 nitrogen and oxygen atoms in total. The van der Waals surface area contributed by atoms with Crippen LogP contribution in [0.2, 0.25) is 25.6 Å². The van der Waals surface area contributed by atoms with Gasteiger partial charge in [-0.05, 0) is 124 Å². The number of carboxylic acid groups (broad SMARTS) is 1. The summed E-state index contributed by atoms with van der Waals surface area (Å²) in [4.78, 5) is 106. The second-order valence-electron chi connectivity index (χ2n) is 23.7. The summed E-state index contributed by atoms with van der Waals surface area (Å²) < 4.78 is 9.11. The van der Waals surface area contributed by atoms with Crippen LogP contribution in [0.3, 0.4) is 0 Å². The van der Waals surface area contributed by atoms with Crippen molar-refractivity contribution in [3.05, 3.63) is 163 Å². The van der Waals surface area contributed by atoms with Crippen molar-refractivity contribution in [1.29, 1.82) is 0 Å². The average molecular weight is 1470 g/mol. The van der Waals surface area contributed by atoms with Gasteiger partial charge in [0.15, 0.2) is 0 Å². The first-order valence-electron chi connectivity index (χ1n) is 31.9. The third-order valence-electron chi connectivity index (χ3n) is 15.9. The molecule has 32 heteroatoms. The number of carbonyl (C=O) groups is 7. The number of hydrogen-bond acceptors (Lipinski definition) is 22. The highest BCUT2D eigenvalue weighted by molar-refractivity contribution is 6.36. The van der Waals surface area contributed by atoms with E-state index in [0.29, 0.717) is 79.2 Å². The van der Waals surface area contributed by atoms with Gasteiger partial charge in [-0.3, -0.25) is 19.2 Å². The van der Waals surface area contributed by atoms with Gasteiger partial charge in [-0.25, -0.2) is 39.3 Å². The Hall–Kier alpha value is -9.67. The Bertz CT molecular complexity index is 3950. The van der Waals surface area contributed by atoms with Gasteiger partial charge >= 0.3 is 17.9 Å². The highest BCUT2D eigenvalue weighted by Gasteiger charge is 2.28. The number of amides is 4. The van der Waals surface area contributed by atoms with Crippen molar-refractivity contribution in [2.24, 2.45) is 11.5 Å². The molecule has 2 aliphatic heterocycles. The van der Waals surface area contributed by atoms with Crippen LogP contribution in [0, 0.1) is 0 Å². The number of nitrogens with two attached hydrogens (primary N) is 3. The minimum absolute atomic E-state index is 0.134. The van der Waals surface area contributed by atoms with E-state index in [1.807, 2.05) is 52.3 Å². The molecule has 2 aromatic carbocycles. The summed E-state index contributed by atoms with van der Waals surface area (Å²) >= 11 is 28.4. The van der Waals surface area contributed by atoms with Crippen LogP contribution in [-0.4, -0.2) is 172 Å². The molecule has 4 amide bonds. The quantitative estimate of drug-likeness (QED) is 0.0232. The van der Waals surface area contributed by atoms with Crippen molar-refractivity contribution in [2.45, 2.75) is 89.4 Å². The Kier molecular flexibility index (Phi) is 27.7. The van der Waals surface area contributed by atoms with Crippen molar-refractivity contribution in [1.82, 2.24) is 34.7 Å². The number of hydrogen-bond donors (Lipinski definition) is 9. The molecule has 7 heterocycles. The molecule has 0 radical (unpaired) electrons. The number of anilines is 9. The van der Waals surface area contributed by atoms with Crippen LogP contribution >= 0.6 is 58.0 Å². The van der Waals surface area contributed by atoms with E-state index >= 15 is 0 Å². The molecule has 0 atom stereocenters. The first-order chi connectivity index (χ1) is 47.8. The maximum Gasteiger partial charge on any atom is 0.341 e. The van der Waals surface area contributed by atoms with Gasteiger partial charge in [0, 0.05) is 150 Å². The SMILES string of the molecule is CC(=O)N1CCN(c2ccc(N)cc2)CC1.CC(=O)N1CCN(c2ccc(Nc3cc(NC4CC4)c(C(N)=O)cn3)cc2)CC1.COC(=O)c1cnc(Cl)cc1Cl.COC(=O)c1cnc(Cl)cc1NC1CC1.NC(=O)c1cnc(Cl)cc1NC1CC1.O=C(O)c1cnc(Cl)cc1NC1CC1. The number of nitrogens with one attached hydrogen (secondary N) is 5. The van der Waals surface area contributed by atoms with Gasteiger partial charge in [-0.1, -0.05) is 58.0 Å². The molecule has 4 saturated carbocycles. The van der Waals surface area contributed by atoms with Crippen molar-refractivity contribution >= 4 is 151 Å². The van der Waals surface area contributed by atoms with Crippen molar-refractivity contribution in [2.75, 3.05) is 109 Å². The lowest BCUT2D eigenvalue weighted by Crippen LogP contribution is -2.48. The second-order valence-corrected chi connectivity index (χ2v) is 25.7. The molecule has 530 valence electrons. The van der Waals surface area contributed by atoms with Gasteiger partial charge in [0.25, 0.3) is 11.8 Å². The molecule has 6 aliphatic rings. The van der Waals surface area contributed by atoms with E-state index in [2.05, 4.69) is 82.9 Å². The normalized spacial score (nSPS) is 15.0. The van der Waals surface area contributed by atoms with E-state index in [0.717, 1.165) is 126 Å². The summed E-state index contributed by atoms with van der Waals surface area (Å²) in [6.07, 6.45) is 15.8. The number of rotatable bonds is 17. The molecule has 5 aromatic heterocycles. The van der Waals surface area contributed by atoms with Crippen LogP contribution in [0.4, 0.5) is 51.3 Å². The number of carboxylic acids is 1. The summed E-state index contributed by atoms with van der Waals surface area (Å²) in [7, 11) is 2.62. The highest BCUT2D eigenvalue weighted by atomic mass is 35.5. The lowest BCUT2D eigenvalue weighted by Gasteiger charge is -2.35. The number of primary amides is 2. The minimum atomic E-state index is -0.989. The van der Waals surface area contributed by atoms with Gasteiger partial charge < -0.3 is 78.0 Å². The van der Waals surface area contributed by atoms with Gasteiger partial charge in [0.1, 0.15) is 37.6 Å². The maximum atomic E-state index is 11.6. The lowest BCUT2D eigenvalue weighted by atomic mass is 10.2. The molecule has 100 heavy (non-hydrogen) atoms. The molecule has 12 N–H and O–H groups in total. The fourth-order valence-corrected chi connectivity index (χ4v) is 10.6. The molecule has 2 saturated heterocycles. The van der Waals surface area contributed by atoms with Crippen LogP contribution < -0.4 is 53.6 Å². The molecule has 0 spiro atoms. The van der Waals surface area contributed by atoms with Crippen LogP contribution in [0.25, 0.3) is 0 Å². The predicted octanol–water partition coefficient (Wildman–Crippen LogP) is 10.8. The average Bonchev–Trinajstić information content (AvgIpc) is 1.76. The van der Waals surface area contributed by atoms with E-state index in [1.54, 1.807) is 32.0 Å². The second kappa shape index (κ2) is 36.4. The van der Waals surface area contributed by atoms with Gasteiger partial charge in [0.05, 0.1) is 58.7 Å². The molecule has 6 fully saturated rings. The Morgan fingerprint density at radius 1 is 0.450 bits per heavy atom. The zero-order chi connectivity index (χ0) is 72.2. The van der Waals surface area contributed by atoms with E-state index < -0.39 is 29.7 Å². The topological polar surface area (TPSA) is 374 Å². The minimum Gasteiger partial charge on any atom is -0.478 e. The molecular weight excluding hydrogens is 1390 g/mol. The number of methoxy groups -OCH3 is 2. The van der Waals surface area contributed by atoms with Gasteiger partial charge in [-0.2, -0.15) is 0 Å². The Balaban J connectivity index is 0.000000158. The Labute approximate surface area is 603 Å². The largest absolute Gasteiger partial charge is 0.478 e. The zero-order valence-corrected chi connectivity index (χ0v) is 59.1. The number of benzene rings is 2. The van der Waals surface area contributed by atoms with Gasteiger partial charge in [-0.15, -0.1) is 0 Å². The number of nitrogen functional groups attached to an aromatic ring is 1. The number of pyridine rings is 5. The number of aromatic carboxylic acids is 1. The lowest BCUT2D eigenvalue weighted by molar-refractivity contribution is -0.129. The molecular formula is C68H78Cl5N17O10. The van der Waals surface area contributed by atoms with E-state index in [4.69, 9.17) is 80.3 Å². The number of piperazine rings is 2. The van der Waals surface area contributed by atoms with Gasteiger partial charge in [0.2, 0.25) is 11.8 Å². The number of carbonyl (C=O) groups excluding carboxylic acids is 6. The standard InChI is InChI=1S/C21H26N6O2.C12H17N3O.C10H11ClN2O2.C9H10ClN3O.C9H9ClN2O2.C7H5Cl2NO2/c1-14(28)26-8-10-27(11-9-26)17-6-4-16(5-7-17)25-20-12-19(24-15-2-3-15)18(13-23-20)21(22)29;1-10(16)14-6-8-15(9-7-14)12-4-2-11(13)3-5-12;1-15-10(14)7-5-12-9(11)4-8(7)13-6-2-3-6;10-8-3-7(13-5-1-2-5)6(4-12-8)9(11)14;10-8-3-7(12-5-1-2-5)6(4-11-8)9(13)14;1-12-7(11)4-3-10-6(9)2-5(4)8/h4-7,12-13,15H,2-3,8-11H2,1H3,(H2,22,29)(H2,23,24,25);2-5H,6-9,13H2,1H3;4-6H,2-3H2,1H3,(H,12,13);3-5H,1-2H2,(H2,11,14)(H,12,13);3-5H,1-2H2,(H,11,12)(H,13,14);2-3H,1H3. The smallest absolute Gasteiger partial charge is 0.341 e. The Morgan fingerprint density at radius 2 is 0.780 bits per heavy atom. The predicted molar refractivity (Wildman–Crippen MR) is 389 cm³/mol. The molecule has 0 unspecified atom stereocenters. The van der Waals surface area contributed by atoms with Crippen molar-refractivity contribution in [3.8, 4) is 0 Å². The third-order valence-corrected chi connectivity index (χ3v) is 17.0. The van der Waals surface area contributed by atoms with Crippen LogP contribution in [0.1, 0.15) is 117 Å². The third kappa shape index (κ3) is 24.1. The monoisotopic (exact) mass is 1470 g/mol. The van der Waals surface area contributed by atoms with Crippen LogP contribution in [0.5, 0.6) is 0 Å². The molecule has 7 aromatic rings. The van der Waals surface area contributed by atoms with Crippen LogP contribution in [-0.2, 0) is 19.1 Å². The first kappa shape index (κ1) is 76.1. The molecule has 0 bridgehead atoms. The zero-order valence-electron chi connectivity index (χ0n) is 55.3. The van der Waals surface area contributed by atoms with Crippen molar-refractivity contribution in [3.63, 3.8) is 0 Å². The van der Waals surface area contributed by atoms with E-state index in [-0.39, 0.29) is 33.1 Å². The first-order valence-corrected chi connectivity index (χ1v) is 33.8. The summed E-state index contributed by atoms with van der Waals surface area (Å²) in [5.74, 6) is -1.94. The number of ether oxygens (including phenoxy) is 2. The summed E-state index contributed by atoms with van der Waals surface area (Å²) in [5.41, 5.74) is 24.6. The maximum absolute atomic E-state index is 11.6.